The zero-order valence-electron chi connectivity index (χ0n) is 12.0. The Morgan fingerprint density at radius 1 is 1.11 bits per heavy atom. The van der Waals surface area contributed by atoms with Crippen LogP contribution in [0.1, 0.15) is 50.2 Å². The minimum absolute atomic E-state index is 0.0761. The summed E-state index contributed by atoms with van der Waals surface area (Å²) in [5, 5.41) is 0. The second kappa shape index (κ2) is 8.25. The summed E-state index contributed by atoms with van der Waals surface area (Å²) in [5.74, 6) is -0.0761. The monoisotopic (exact) mass is 251 g/mol. The van der Waals surface area contributed by atoms with Crippen molar-refractivity contribution in [3.63, 3.8) is 0 Å². The van der Waals surface area contributed by atoms with Gasteiger partial charge in [0.1, 0.15) is 5.82 Å². The molecule has 2 heteroatoms. The molecule has 0 atom stereocenters. The highest BCUT2D eigenvalue weighted by atomic mass is 19.1. The summed E-state index contributed by atoms with van der Waals surface area (Å²) in [6.45, 7) is 5.91. The number of rotatable bonds is 8. The van der Waals surface area contributed by atoms with Crippen LogP contribution in [0.2, 0.25) is 0 Å². The predicted octanol–water partition coefficient (Wildman–Crippen LogP) is 4.54. The maximum Gasteiger partial charge on any atom is 0.127 e. The molecule has 0 heterocycles. The summed E-state index contributed by atoms with van der Waals surface area (Å²) >= 11 is 0. The van der Waals surface area contributed by atoms with E-state index in [0.29, 0.717) is 6.54 Å². The summed E-state index contributed by atoms with van der Waals surface area (Å²) in [7, 11) is 2.07. The molecule has 0 saturated carbocycles. The van der Waals surface area contributed by atoms with E-state index in [4.69, 9.17) is 0 Å². The average molecular weight is 251 g/mol. The summed E-state index contributed by atoms with van der Waals surface area (Å²) < 4.78 is 13.7. The molecule has 0 N–H and O–H groups in total. The van der Waals surface area contributed by atoms with Crippen molar-refractivity contribution >= 4 is 0 Å². The van der Waals surface area contributed by atoms with Crippen LogP contribution in [0.4, 0.5) is 4.39 Å². The first-order chi connectivity index (χ1) is 8.63. The lowest BCUT2D eigenvalue weighted by Crippen LogP contribution is -2.19. The summed E-state index contributed by atoms with van der Waals surface area (Å²) in [5.41, 5.74) is 1.79. The van der Waals surface area contributed by atoms with Crippen LogP contribution in [0.5, 0.6) is 0 Å². The Labute approximate surface area is 111 Å². The quantitative estimate of drug-likeness (QED) is 0.613. The highest BCUT2D eigenvalue weighted by Gasteiger charge is 2.05. The van der Waals surface area contributed by atoms with Crippen molar-refractivity contribution in [2.45, 2.75) is 52.5 Å². The van der Waals surface area contributed by atoms with E-state index in [1.165, 1.54) is 32.1 Å². The van der Waals surface area contributed by atoms with Gasteiger partial charge in [-0.25, -0.2) is 4.39 Å². The molecule has 0 aliphatic heterocycles. The SMILES string of the molecule is CCCCCCCN(C)Cc1ccc(C)cc1F. The third-order valence-electron chi connectivity index (χ3n) is 3.29. The second-order valence-electron chi connectivity index (χ2n) is 5.25. The average Bonchev–Trinajstić information content (AvgIpc) is 2.32. The van der Waals surface area contributed by atoms with Crippen LogP contribution in [0, 0.1) is 12.7 Å². The van der Waals surface area contributed by atoms with E-state index < -0.39 is 0 Å². The van der Waals surface area contributed by atoms with Gasteiger partial charge in [0.2, 0.25) is 0 Å². The molecule has 0 spiro atoms. The van der Waals surface area contributed by atoms with Crippen molar-refractivity contribution in [1.29, 1.82) is 0 Å². The fourth-order valence-corrected chi connectivity index (χ4v) is 2.14. The zero-order valence-corrected chi connectivity index (χ0v) is 12.0. The standard InChI is InChI=1S/C16H26FN/c1-4-5-6-7-8-11-18(3)13-15-10-9-14(2)12-16(15)17/h9-10,12H,4-8,11,13H2,1-3H3. The highest BCUT2D eigenvalue weighted by Crippen LogP contribution is 2.12. The molecule has 0 aromatic heterocycles. The molecule has 0 bridgehead atoms. The Morgan fingerprint density at radius 3 is 2.50 bits per heavy atom. The first kappa shape index (κ1) is 15.2. The van der Waals surface area contributed by atoms with Crippen molar-refractivity contribution in [3.8, 4) is 0 Å². The van der Waals surface area contributed by atoms with Gasteiger partial charge in [-0.2, -0.15) is 0 Å². The first-order valence-corrected chi connectivity index (χ1v) is 7.07. The zero-order chi connectivity index (χ0) is 13.4. The van der Waals surface area contributed by atoms with Crippen molar-refractivity contribution in [2.24, 2.45) is 0 Å². The second-order valence-corrected chi connectivity index (χ2v) is 5.25. The van der Waals surface area contributed by atoms with Gasteiger partial charge in [0.25, 0.3) is 0 Å². The Kier molecular flexibility index (Phi) is 6.96. The van der Waals surface area contributed by atoms with E-state index in [-0.39, 0.29) is 5.82 Å². The van der Waals surface area contributed by atoms with Crippen LogP contribution in [0.15, 0.2) is 18.2 Å². The van der Waals surface area contributed by atoms with Gasteiger partial charge < -0.3 is 4.90 Å². The van der Waals surface area contributed by atoms with Gasteiger partial charge in [0.05, 0.1) is 0 Å². The summed E-state index contributed by atoms with van der Waals surface area (Å²) in [6.07, 6.45) is 6.43. The van der Waals surface area contributed by atoms with Gasteiger partial charge in [-0.15, -0.1) is 0 Å². The number of hydrogen-bond donors (Lipinski definition) is 0. The van der Waals surface area contributed by atoms with Crippen molar-refractivity contribution < 1.29 is 4.39 Å². The lowest BCUT2D eigenvalue weighted by Gasteiger charge is -2.17. The summed E-state index contributed by atoms with van der Waals surface area (Å²) in [4.78, 5) is 2.21. The lowest BCUT2D eigenvalue weighted by molar-refractivity contribution is 0.311. The molecular formula is C16H26FN. The fraction of sp³-hybridized carbons (Fsp3) is 0.625. The van der Waals surface area contributed by atoms with E-state index in [1.807, 2.05) is 19.1 Å². The maximum atomic E-state index is 13.7. The van der Waals surface area contributed by atoms with Gasteiger partial charge in [-0.05, 0) is 38.6 Å². The lowest BCUT2D eigenvalue weighted by atomic mass is 10.1. The molecule has 1 aromatic rings. The fourth-order valence-electron chi connectivity index (χ4n) is 2.14. The number of nitrogens with zero attached hydrogens (tertiary/aromatic N) is 1. The number of halogens is 1. The number of benzene rings is 1. The van der Waals surface area contributed by atoms with Crippen molar-refractivity contribution in [3.05, 3.63) is 35.1 Å². The van der Waals surface area contributed by atoms with Crippen LogP contribution in [0.3, 0.4) is 0 Å². The molecule has 1 aromatic carbocycles. The van der Waals surface area contributed by atoms with Crippen LogP contribution in [-0.2, 0) is 6.54 Å². The topological polar surface area (TPSA) is 3.24 Å². The van der Waals surface area contributed by atoms with Gasteiger partial charge in [0.15, 0.2) is 0 Å². The van der Waals surface area contributed by atoms with Gasteiger partial charge >= 0.3 is 0 Å². The Bertz CT molecular complexity index is 349. The predicted molar refractivity (Wildman–Crippen MR) is 76.2 cm³/mol. The van der Waals surface area contributed by atoms with E-state index >= 15 is 0 Å². The number of hydrogen-bond acceptors (Lipinski definition) is 1. The molecule has 18 heavy (non-hydrogen) atoms. The largest absolute Gasteiger partial charge is 0.302 e. The molecule has 1 rings (SSSR count). The molecule has 0 unspecified atom stereocenters. The molecule has 0 aliphatic carbocycles. The Hall–Kier alpha value is -0.890. The number of unbranched alkanes of at least 4 members (excludes halogenated alkanes) is 4. The number of aryl methyl sites for hydroxylation is 1. The minimum atomic E-state index is -0.0761. The Morgan fingerprint density at radius 2 is 1.83 bits per heavy atom. The van der Waals surface area contributed by atoms with E-state index in [2.05, 4.69) is 18.9 Å². The molecule has 0 amide bonds. The normalized spacial score (nSPS) is 11.2. The summed E-state index contributed by atoms with van der Waals surface area (Å²) in [6, 6.07) is 5.50. The van der Waals surface area contributed by atoms with Crippen molar-refractivity contribution in [1.82, 2.24) is 4.90 Å². The van der Waals surface area contributed by atoms with Crippen LogP contribution in [0.25, 0.3) is 0 Å². The minimum Gasteiger partial charge on any atom is -0.302 e. The van der Waals surface area contributed by atoms with Gasteiger partial charge in [-0.1, -0.05) is 44.7 Å². The molecule has 1 nitrogen and oxygen atoms in total. The Balaban J connectivity index is 2.28. The van der Waals surface area contributed by atoms with Crippen LogP contribution < -0.4 is 0 Å². The van der Waals surface area contributed by atoms with E-state index in [9.17, 15) is 4.39 Å². The molecule has 102 valence electrons. The maximum absolute atomic E-state index is 13.7. The molecule has 0 radical (unpaired) electrons. The first-order valence-electron chi connectivity index (χ1n) is 7.07. The highest BCUT2D eigenvalue weighted by molar-refractivity contribution is 5.23. The smallest absolute Gasteiger partial charge is 0.127 e. The molecule has 0 saturated heterocycles. The third kappa shape index (κ3) is 5.63. The van der Waals surface area contributed by atoms with Crippen molar-refractivity contribution in [2.75, 3.05) is 13.6 Å². The third-order valence-corrected chi connectivity index (χ3v) is 3.29. The van der Waals surface area contributed by atoms with Crippen LogP contribution in [-0.4, -0.2) is 18.5 Å². The molecule has 0 fully saturated rings. The molecular weight excluding hydrogens is 225 g/mol. The molecule has 0 aliphatic rings. The van der Waals surface area contributed by atoms with Gasteiger partial charge in [0, 0.05) is 12.1 Å². The van der Waals surface area contributed by atoms with E-state index in [1.54, 1.807) is 6.07 Å². The van der Waals surface area contributed by atoms with Crippen LogP contribution >= 0.6 is 0 Å². The van der Waals surface area contributed by atoms with Gasteiger partial charge in [-0.3, -0.25) is 0 Å². The van der Waals surface area contributed by atoms with E-state index in [0.717, 1.165) is 17.7 Å².